The molecule has 0 spiro atoms. The Kier molecular flexibility index (Phi) is 5.65. The fourth-order valence-electron chi connectivity index (χ4n) is 1.79. The van der Waals surface area contributed by atoms with Gasteiger partial charge in [0.1, 0.15) is 10.8 Å². The summed E-state index contributed by atoms with van der Waals surface area (Å²) in [6.07, 6.45) is 0. The predicted octanol–water partition coefficient (Wildman–Crippen LogP) is 3.97. The topological polar surface area (TPSA) is 34.2 Å². The fraction of sp³-hybridized carbons (Fsp3) is 0.357. The molecule has 3 nitrogen and oxygen atoms in total. The molecule has 0 aliphatic carbocycles. The molecule has 0 atom stereocenters. The zero-order chi connectivity index (χ0) is 14.5. The Morgan fingerprint density at radius 3 is 2.95 bits per heavy atom. The predicted molar refractivity (Wildman–Crippen MR) is 83.3 cm³/mol. The van der Waals surface area contributed by atoms with Crippen LogP contribution < -0.4 is 5.32 Å². The second-order valence-corrected chi connectivity index (χ2v) is 6.16. The average Bonchev–Trinajstić information content (AvgIpc) is 2.82. The molecule has 1 aromatic heterocycles. The highest BCUT2D eigenvalue weighted by Gasteiger charge is 2.14. The van der Waals surface area contributed by atoms with Crippen molar-refractivity contribution in [2.24, 2.45) is 0 Å². The van der Waals surface area contributed by atoms with Gasteiger partial charge in [0.25, 0.3) is 0 Å². The number of hydrogen-bond acceptors (Lipinski definition) is 4. The average molecular weight is 359 g/mol. The van der Waals surface area contributed by atoms with Gasteiger partial charge in [-0.3, -0.25) is 0 Å². The third kappa shape index (κ3) is 3.63. The first kappa shape index (κ1) is 15.6. The minimum atomic E-state index is -0.264. The van der Waals surface area contributed by atoms with Crippen LogP contribution in [-0.4, -0.2) is 18.6 Å². The van der Waals surface area contributed by atoms with Crippen molar-refractivity contribution < 1.29 is 9.13 Å². The van der Waals surface area contributed by atoms with E-state index in [1.807, 2.05) is 0 Å². The Hall–Kier alpha value is -0.820. The normalized spacial score (nSPS) is 11.0. The molecule has 0 unspecified atom stereocenters. The van der Waals surface area contributed by atoms with Gasteiger partial charge in [-0.2, -0.15) is 0 Å². The van der Waals surface area contributed by atoms with E-state index in [4.69, 9.17) is 4.74 Å². The summed E-state index contributed by atoms with van der Waals surface area (Å²) in [5, 5.41) is 4.09. The number of methoxy groups -OCH3 is 1. The van der Waals surface area contributed by atoms with Crippen molar-refractivity contribution in [3.05, 3.63) is 39.1 Å². The van der Waals surface area contributed by atoms with Crippen LogP contribution in [0, 0.1) is 5.82 Å². The highest BCUT2D eigenvalue weighted by atomic mass is 79.9. The number of rotatable bonds is 6. The summed E-state index contributed by atoms with van der Waals surface area (Å²) in [6.45, 7) is 4.16. The smallest absolute Gasteiger partial charge is 0.125 e. The molecule has 1 N–H and O–H groups in total. The van der Waals surface area contributed by atoms with E-state index in [2.05, 4.69) is 33.2 Å². The Balaban J connectivity index is 2.38. The lowest BCUT2D eigenvalue weighted by Crippen LogP contribution is -2.12. The van der Waals surface area contributed by atoms with Crippen LogP contribution in [0.4, 0.5) is 4.39 Å². The van der Waals surface area contributed by atoms with Crippen molar-refractivity contribution in [1.82, 2.24) is 10.3 Å². The summed E-state index contributed by atoms with van der Waals surface area (Å²) in [4.78, 5) is 5.71. The lowest BCUT2D eigenvalue weighted by molar-refractivity contribution is 0.181. The third-order valence-corrected chi connectivity index (χ3v) is 4.58. The number of nitrogens with zero attached hydrogens (tertiary/aromatic N) is 1. The molecule has 20 heavy (non-hydrogen) atoms. The van der Waals surface area contributed by atoms with Crippen LogP contribution in [0.5, 0.6) is 0 Å². The SMILES string of the molecule is CCNCc1sc(-c2cc(F)ccc2Br)nc1COC. The highest BCUT2D eigenvalue weighted by molar-refractivity contribution is 9.10. The van der Waals surface area contributed by atoms with Gasteiger partial charge in [-0.15, -0.1) is 11.3 Å². The molecule has 0 fully saturated rings. The van der Waals surface area contributed by atoms with Crippen LogP contribution in [0.2, 0.25) is 0 Å². The van der Waals surface area contributed by atoms with Crippen LogP contribution >= 0.6 is 27.3 Å². The number of nitrogens with one attached hydrogen (secondary N) is 1. The molecule has 0 aliphatic heterocycles. The van der Waals surface area contributed by atoms with E-state index in [0.29, 0.717) is 6.61 Å². The minimum Gasteiger partial charge on any atom is -0.378 e. The van der Waals surface area contributed by atoms with Gasteiger partial charge in [-0.05, 0) is 24.7 Å². The molecule has 6 heteroatoms. The van der Waals surface area contributed by atoms with Crippen LogP contribution in [0.15, 0.2) is 22.7 Å². The summed E-state index contributed by atoms with van der Waals surface area (Å²) in [7, 11) is 1.65. The molecule has 0 saturated heterocycles. The van der Waals surface area contributed by atoms with Gasteiger partial charge in [0.15, 0.2) is 0 Å². The summed E-state index contributed by atoms with van der Waals surface area (Å²) < 4.78 is 19.4. The van der Waals surface area contributed by atoms with Crippen molar-refractivity contribution >= 4 is 27.3 Å². The molecule has 1 aromatic carbocycles. The molecule has 0 aliphatic rings. The number of aromatic nitrogens is 1. The van der Waals surface area contributed by atoms with E-state index in [9.17, 15) is 4.39 Å². The second-order valence-electron chi connectivity index (χ2n) is 4.23. The first-order valence-electron chi connectivity index (χ1n) is 6.29. The lowest BCUT2D eigenvalue weighted by Gasteiger charge is -2.00. The summed E-state index contributed by atoms with van der Waals surface area (Å²) in [6, 6.07) is 4.62. The van der Waals surface area contributed by atoms with Crippen molar-refractivity contribution in [2.75, 3.05) is 13.7 Å². The molecule has 0 bridgehead atoms. The molecular formula is C14H16BrFN2OS. The second kappa shape index (κ2) is 7.26. The monoisotopic (exact) mass is 358 g/mol. The first-order valence-corrected chi connectivity index (χ1v) is 7.90. The molecule has 1 heterocycles. The van der Waals surface area contributed by atoms with E-state index in [1.54, 1.807) is 24.5 Å². The number of halogens is 2. The van der Waals surface area contributed by atoms with Gasteiger partial charge in [0.2, 0.25) is 0 Å². The van der Waals surface area contributed by atoms with Crippen LogP contribution in [-0.2, 0) is 17.9 Å². The van der Waals surface area contributed by atoms with E-state index in [-0.39, 0.29) is 5.82 Å². The quantitative estimate of drug-likeness (QED) is 0.848. The number of hydrogen-bond donors (Lipinski definition) is 1. The van der Waals surface area contributed by atoms with E-state index in [0.717, 1.165) is 38.7 Å². The zero-order valence-corrected chi connectivity index (χ0v) is 13.8. The van der Waals surface area contributed by atoms with Gasteiger partial charge in [0.05, 0.1) is 12.3 Å². The highest BCUT2D eigenvalue weighted by Crippen LogP contribution is 2.34. The zero-order valence-electron chi connectivity index (χ0n) is 11.4. The Morgan fingerprint density at radius 2 is 2.25 bits per heavy atom. The van der Waals surface area contributed by atoms with Crippen molar-refractivity contribution in [3.63, 3.8) is 0 Å². The van der Waals surface area contributed by atoms with Crippen molar-refractivity contribution in [1.29, 1.82) is 0 Å². The van der Waals surface area contributed by atoms with Crippen molar-refractivity contribution in [2.45, 2.75) is 20.1 Å². The molecule has 0 radical (unpaired) electrons. The largest absolute Gasteiger partial charge is 0.378 e. The molecule has 2 aromatic rings. The number of benzene rings is 1. The molecule has 2 rings (SSSR count). The van der Waals surface area contributed by atoms with Crippen LogP contribution in [0.3, 0.4) is 0 Å². The Labute approximate surface area is 130 Å². The Bertz CT molecular complexity index is 589. The maximum Gasteiger partial charge on any atom is 0.125 e. The maximum atomic E-state index is 13.4. The van der Waals surface area contributed by atoms with Crippen LogP contribution in [0.25, 0.3) is 10.6 Å². The van der Waals surface area contributed by atoms with Crippen LogP contribution in [0.1, 0.15) is 17.5 Å². The summed E-state index contributed by atoms with van der Waals surface area (Å²) in [5.41, 5.74) is 1.68. The number of thiazole rings is 1. The van der Waals surface area contributed by atoms with Gasteiger partial charge < -0.3 is 10.1 Å². The fourth-order valence-corrected chi connectivity index (χ4v) is 3.42. The van der Waals surface area contributed by atoms with Crippen molar-refractivity contribution in [3.8, 4) is 10.6 Å². The number of ether oxygens (including phenoxy) is 1. The summed E-state index contributed by atoms with van der Waals surface area (Å²) >= 11 is 5.01. The standard InChI is InChI=1S/C14H16BrFN2OS/c1-3-17-7-13-12(8-19-2)18-14(20-13)10-6-9(16)4-5-11(10)15/h4-6,17H,3,7-8H2,1-2H3. The van der Waals surface area contributed by atoms with E-state index < -0.39 is 0 Å². The lowest BCUT2D eigenvalue weighted by atomic mass is 10.2. The van der Waals surface area contributed by atoms with Gasteiger partial charge >= 0.3 is 0 Å². The first-order chi connectivity index (χ1) is 9.65. The minimum absolute atomic E-state index is 0.264. The molecular weight excluding hydrogens is 343 g/mol. The van der Waals surface area contributed by atoms with Gasteiger partial charge in [-0.25, -0.2) is 9.37 Å². The molecule has 0 saturated carbocycles. The van der Waals surface area contributed by atoms with Gasteiger partial charge in [0, 0.05) is 28.6 Å². The van der Waals surface area contributed by atoms with E-state index >= 15 is 0 Å². The maximum absolute atomic E-state index is 13.4. The molecule has 0 amide bonds. The van der Waals surface area contributed by atoms with E-state index in [1.165, 1.54) is 12.1 Å². The summed E-state index contributed by atoms with van der Waals surface area (Å²) in [5.74, 6) is -0.264. The van der Waals surface area contributed by atoms with Gasteiger partial charge in [-0.1, -0.05) is 22.9 Å². The Morgan fingerprint density at radius 1 is 1.45 bits per heavy atom. The molecule has 108 valence electrons. The third-order valence-electron chi connectivity index (χ3n) is 2.75.